The van der Waals surface area contributed by atoms with Crippen LogP contribution in [0.15, 0.2) is 34.5 Å². The molecule has 9 heteroatoms. The Hall–Kier alpha value is -2.57. The molecule has 0 unspecified atom stereocenters. The summed E-state index contributed by atoms with van der Waals surface area (Å²) >= 11 is 0.795. The third-order valence-electron chi connectivity index (χ3n) is 2.44. The van der Waals surface area contributed by atoms with Gasteiger partial charge in [-0.25, -0.2) is 13.2 Å². The number of nitrogens with zero attached hydrogens (tertiary/aromatic N) is 1. The van der Waals surface area contributed by atoms with Crippen molar-refractivity contribution in [3.63, 3.8) is 0 Å². The number of hydrogen-bond donors (Lipinski definition) is 3. The fourth-order valence-corrected chi connectivity index (χ4v) is 3.65. The molecular formula is C12H8N2O5S2. The van der Waals surface area contributed by atoms with Gasteiger partial charge >= 0.3 is 5.97 Å². The second-order valence-corrected chi connectivity index (χ2v) is 6.87. The summed E-state index contributed by atoms with van der Waals surface area (Å²) < 4.78 is 26.3. The zero-order valence-electron chi connectivity index (χ0n) is 10.3. The summed E-state index contributed by atoms with van der Waals surface area (Å²) in [6.07, 6.45) is 0. The van der Waals surface area contributed by atoms with Gasteiger partial charge in [0.25, 0.3) is 10.0 Å². The average molecular weight is 324 g/mol. The Morgan fingerprint density at radius 2 is 2.00 bits per heavy atom. The number of carboxylic acids is 1. The van der Waals surface area contributed by atoms with Gasteiger partial charge in [0.15, 0.2) is 0 Å². The van der Waals surface area contributed by atoms with Gasteiger partial charge in [-0.2, -0.15) is 5.26 Å². The fraction of sp³-hybridized carbons (Fsp3) is 0. The van der Waals surface area contributed by atoms with Gasteiger partial charge in [0.05, 0.1) is 0 Å². The number of rotatable bonds is 4. The average Bonchev–Trinajstić information content (AvgIpc) is 2.90. The van der Waals surface area contributed by atoms with Crippen molar-refractivity contribution in [1.82, 2.24) is 0 Å². The molecule has 2 rings (SSSR count). The summed E-state index contributed by atoms with van der Waals surface area (Å²) in [7, 11) is -3.92. The van der Waals surface area contributed by atoms with E-state index in [9.17, 15) is 18.3 Å². The van der Waals surface area contributed by atoms with Crippen LogP contribution in [0, 0.1) is 11.3 Å². The third kappa shape index (κ3) is 3.13. The van der Waals surface area contributed by atoms with Gasteiger partial charge in [0, 0.05) is 5.69 Å². The molecule has 2 aromatic rings. The van der Waals surface area contributed by atoms with E-state index in [0.29, 0.717) is 0 Å². The summed E-state index contributed by atoms with van der Waals surface area (Å²) in [5.74, 6) is -1.84. The lowest BCUT2D eigenvalue weighted by Gasteiger charge is -2.07. The van der Waals surface area contributed by atoms with Gasteiger partial charge in [-0.05, 0) is 30.3 Å². The number of nitrogens with one attached hydrogen (secondary N) is 1. The molecule has 108 valence electrons. The molecular weight excluding hydrogens is 316 g/mol. The number of aromatic hydroxyl groups is 1. The topological polar surface area (TPSA) is 127 Å². The minimum atomic E-state index is -3.92. The van der Waals surface area contributed by atoms with Crippen LogP contribution in [0.5, 0.6) is 5.75 Å². The van der Waals surface area contributed by atoms with E-state index in [0.717, 1.165) is 23.5 Å². The zero-order chi connectivity index (χ0) is 15.6. The van der Waals surface area contributed by atoms with Crippen LogP contribution in [-0.4, -0.2) is 24.6 Å². The Bertz CT molecular complexity index is 849. The second kappa shape index (κ2) is 5.43. The van der Waals surface area contributed by atoms with Gasteiger partial charge in [-0.1, -0.05) is 0 Å². The molecule has 1 aromatic heterocycles. The van der Waals surface area contributed by atoms with Crippen molar-refractivity contribution in [3.8, 4) is 11.8 Å². The predicted molar refractivity (Wildman–Crippen MR) is 74.9 cm³/mol. The highest BCUT2D eigenvalue weighted by Crippen LogP contribution is 2.26. The number of carbonyl (C=O) groups is 1. The van der Waals surface area contributed by atoms with Crippen molar-refractivity contribution < 1.29 is 23.4 Å². The molecule has 0 radical (unpaired) electrons. The number of nitriles is 1. The van der Waals surface area contributed by atoms with Gasteiger partial charge in [-0.3, -0.25) is 4.72 Å². The number of anilines is 1. The Balaban J connectivity index is 2.35. The Labute approximate surface area is 123 Å². The van der Waals surface area contributed by atoms with E-state index >= 15 is 0 Å². The Morgan fingerprint density at radius 3 is 2.57 bits per heavy atom. The normalized spacial score (nSPS) is 10.8. The molecule has 21 heavy (non-hydrogen) atoms. The highest BCUT2D eigenvalue weighted by atomic mass is 32.2. The van der Waals surface area contributed by atoms with Crippen LogP contribution < -0.4 is 4.72 Å². The lowest BCUT2D eigenvalue weighted by Crippen LogP contribution is -2.12. The first-order valence-corrected chi connectivity index (χ1v) is 7.72. The molecule has 0 aliphatic rings. The quantitative estimate of drug-likeness (QED) is 0.736. The van der Waals surface area contributed by atoms with Crippen LogP contribution in [0.25, 0.3) is 0 Å². The smallest absolute Gasteiger partial charge is 0.339 e. The summed E-state index contributed by atoms with van der Waals surface area (Å²) in [4.78, 5) is 11.1. The van der Waals surface area contributed by atoms with E-state index in [4.69, 9.17) is 10.4 Å². The third-order valence-corrected chi connectivity index (χ3v) is 5.30. The Morgan fingerprint density at radius 1 is 1.29 bits per heavy atom. The first kappa shape index (κ1) is 14.8. The van der Waals surface area contributed by atoms with Crippen molar-refractivity contribution in [2.45, 2.75) is 4.21 Å². The van der Waals surface area contributed by atoms with E-state index in [2.05, 4.69) is 4.72 Å². The highest BCUT2D eigenvalue weighted by Gasteiger charge is 2.18. The standard InChI is InChI=1S/C12H8N2O5S2/c13-6-8-2-4-11(20-8)21(18,19)14-7-1-3-10(15)9(5-7)12(16)17/h1-5,14-15H,(H,16,17). The summed E-state index contributed by atoms with van der Waals surface area (Å²) in [6.45, 7) is 0. The number of benzene rings is 1. The van der Waals surface area contributed by atoms with Gasteiger partial charge in [-0.15, -0.1) is 11.3 Å². The molecule has 1 heterocycles. The maximum Gasteiger partial charge on any atom is 0.339 e. The van der Waals surface area contributed by atoms with Crippen LogP contribution in [0.1, 0.15) is 15.2 Å². The second-order valence-electron chi connectivity index (χ2n) is 3.87. The van der Waals surface area contributed by atoms with Crippen molar-refractivity contribution in [2.24, 2.45) is 0 Å². The SMILES string of the molecule is N#Cc1ccc(S(=O)(=O)Nc2ccc(O)c(C(=O)O)c2)s1. The van der Waals surface area contributed by atoms with Crippen molar-refractivity contribution in [1.29, 1.82) is 5.26 Å². The first-order valence-electron chi connectivity index (χ1n) is 5.42. The van der Waals surface area contributed by atoms with Gasteiger partial charge in [0.1, 0.15) is 26.5 Å². The number of thiophene rings is 1. The van der Waals surface area contributed by atoms with Crippen LogP contribution in [-0.2, 0) is 10.0 Å². The minimum Gasteiger partial charge on any atom is -0.507 e. The molecule has 0 saturated carbocycles. The molecule has 0 saturated heterocycles. The lowest BCUT2D eigenvalue weighted by molar-refractivity contribution is 0.0694. The molecule has 3 N–H and O–H groups in total. The molecule has 0 atom stereocenters. The Kier molecular flexibility index (Phi) is 3.84. The predicted octanol–water partition coefficient (Wildman–Crippen LogP) is 1.82. The molecule has 0 fully saturated rings. The van der Waals surface area contributed by atoms with E-state index in [-0.39, 0.29) is 14.8 Å². The molecule has 0 aliphatic heterocycles. The van der Waals surface area contributed by atoms with E-state index in [1.165, 1.54) is 18.2 Å². The van der Waals surface area contributed by atoms with Gasteiger partial charge in [0.2, 0.25) is 0 Å². The number of hydrogen-bond acceptors (Lipinski definition) is 6. The van der Waals surface area contributed by atoms with Crippen molar-refractivity contribution >= 4 is 33.0 Å². The first-order chi connectivity index (χ1) is 9.83. The van der Waals surface area contributed by atoms with Crippen LogP contribution in [0.2, 0.25) is 0 Å². The van der Waals surface area contributed by atoms with E-state index in [1.807, 2.05) is 6.07 Å². The van der Waals surface area contributed by atoms with Crippen LogP contribution in [0.4, 0.5) is 5.69 Å². The minimum absolute atomic E-state index is 0.00268. The molecule has 0 amide bonds. The van der Waals surface area contributed by atoms with Gasteiger partial charge < -0.3 is 10.2 Å². The molecule has 1 aromatic carbocycles. The lowest BCUT2D eigenvalue weighted by atomic mass is 10.2. The largest absolute Gasteiger partial charge is 0.507 e. The van der Waals surface area contributed by atoms with Crippen molar-refractivity contribution in [2.75, 3.05) is 4.72 Å². The number of aromatic carboxylic acids is 1. The maximum absolute atomic E-state index is 12.1. The monoisotopic (exact) mass is 324 g/mol. The molecule has 7 nitrogen and oxygen atoms in total. The van der Waals surface area contributed by atoms with E-state index < -0.39 is 27.3 Å². The number of phenols is 1. The molecule has 0 bridgehead atoms. The number of sulfonamides is 1. The summed E-state index contributed by atoms with van der Waals surface area (Å²) in [5, 5.41) is 26.9. The van der Waals surface area contributed by atoms with E-state index in [1.54, 1.807) is 0 Å². The highest BCUT2D eigenvalue weighted by molar-refractivity contribution is 7.94. The van der Waals surface area contributed by atoms with Crippen LogP contribution >= 0.6 is 11.3 Å². The maximum atomic E-state index is 12.1. The van der Waals surface area contributed by atoms with Crippen LogP contribution in [0.3, 0.4) is 0 Å². The summed E-state index contributed by atoms with van der Waals surface area (Å²) in [6, 6.07) is 7.81. The number of carboxylic acid groups (broad SMARTS) is 1. The molecule has 0 spiro atoms. The fourth-order valence-electron chi connectivity index (χ4n) is 1.50. The molecule has 0 aliphatic carbocycles. The summed E-state index contributed by atoms with van der Waals surface area (Å²) in [5.41, 5.74) is -0.420. The van der Waals surface area contributed by atoms with Crippen molar-refractivity contribution in [3.05, 3.63) is 40.8 Å². The zero-order valence-corrected chi connectivity index (χ0v) is 11.9.